The van der Waals surface area contributed by atoms with Crippen LogP contribution in [0.4, 0.5) is 11.4 Å². The van der Waals surface area contributed by atoms with E-state index in [1.54, 1.807) is 48.5 Å². The summed E-state index contributed by atoms with van der Waals surface area (Å²) in [6.07, 6.45) is 5.66. The first-order valence-electron chi connectivity index (χ1n) is 13.7. The molecular weight excluding hydrogens is 613 g/mol. The normalized spacial score (nSPS) is 16.9. The van der Waals surface area contributed by atoms with Gasteiger partial charge in [0.05, 0.1) is 45.5 Å². The van der Waals surface area contributed by atoms with Gasteiger partial charge in [0.2, 0.25) is 0 Å². The molecule has 0 atom stereocenters. The lowest BCUT2D eigenvalue weighted by molar-refractivity contribution is -0.115. The largest absolute Gasteiger partial charge is 0.462 e. The van der Waals surface area contributed by atoms with Crippen LogP contribution in [0.1, 0.15) is 73.1 Å². The standard InChI is InChI=1S/C30H30N2O6S4/c1-3-5-7-17-37-27(35)19-9-13-21(14-10-19)31-25(33)23(41-29(31)39)24-26(34)32(30(40)42-24)22-15-11-20(12-16-22)28(36)38-18-8-6-4-2/h9-16H,3-8,17-18H2,1-2H3/b24-23+. The van der Waals surface area contributed by atoms with Crippen molar-refractivity contribution in [2.45, 2.75) is 52.4 Å². The topological polar surface area (TPSA) is 93.2 Å². The van der Waals surface area contributed by atoms with Crippen LogP contribution in [0.15, 0.2) is 58.3 Å². The Morgan fingerprint density at radius 3 is 1.33 bits per heavy atom. The lowest BCUT2D eigenvalue weighted by atomic mass is 10.2. The Kier molecular flexibility index (Phi) is 11.3. The van der Waals surface area contributed by atoms with Gasteiger partial charge in [-0.3, -0.25) is 19.4 Å². The van der Waals surface area contributed by atoms with Gasteiger partial charge >= 0.3 is 11.9 Å². The fourth-order valence-corrected chi connectivity index (χ4v) is 6.90. The van der Waals surface area contributed by atoms with Gasteiger partial charge in [0, 0.05) is 0 Å². The second-order valence-electron chi connectivity index (χ2n) is 9.46. The highest BCUT2D eigenvalue weighted by Crippen LogP contribution is 2.44. The van der Waals surface area contributed by atoms with Crippen LogP contribution in [-0.2, 0) is 19.1 Å². The molecule has 0 aliphatic carbocycles. The van der Waals surface area contributed by atoms with Crippen molar-refractivity contribution in [1.82, 2.24) is 0 Å². The Morgan fingerprint density at radius 1 is 0.643 bits per heavy atom. The first-order valence-corrected chi connectivity index (χ1v) is 16.1. The van der Waals surface area contributed by atoms with E-state index in [1.165, 1.54) is 9.80 Å². The van der Waals surface area contributed by atoms with Crippen molar-refractivity contribution in [3.63, 3.8) is 0 Å². The minimum atomic E-state index is -0.443. The zero-order valence-corrected chi connectivity index (χ0v) is 26.5. The molecule has 0 unspecified atom stereocenters. The number of anilines is 2. The van der Waals surface area contributed by atoms with Crippen molar-refractivity contribution in [2.75, 3.05) is 23.0 Å². The van der Waals surface area contributed by atoms with Crippen LogP contribution < -0.4 is 9.80 Å². The van der Waals surface area contributed by atoms with Crippen molar-refractivity contribution >= 4 is 91.7 Å². The molecule has 220 valence electrons. The second-order valence-corrected chi connectivity index (χ2v) is 12.7. The van der Waals surface area contributed by atoms with Crippen molar-refractivity contribution in [3.8, 4) is 0 Å². The Balaban J connectivity index is 1.45. The summed E-state index contributed by atoms with van der Waals surface area (Å²) in [4.78, 5) is 54.6. The maximum absolute atomic E-state index is 13.5. The third-order valence-electron chi connectivity index (χ3n) is 6.43. The first kappa shape index (κ1) is 31.9. The number of rotatable bonds is 12. The molecule has 12 heteroatoms. The Morgan fingerprint density at radius 2 is 1.00 bits per heavy atom. The molecule has 4 rings (SSSR count). The molecule has 8 nitrogen and oxygen atoms in total. The maximum atomic E-state index is 13.5. The number of amides is 2. The fraction of sp³-hybridized carbons (Fsp3) is 0.333. The lowest BCUT2D eigenvalue weighted by Gasteiger charge is -2.15. The minimum absolute atomic E-state index is 0.187. The molecule has 0 spiro atoms. The highest BCUT2D eigenvalue weighted by atomic mass is 32.2. The highest BCUT2D eigenvalue weighted by molar-refractivity contribution is 8.30. The predicted molar refractivity (Wildman–Crippen MR) is 175 cm³/mol. The molecule has 2 aliphatic rings. The van der Waals surface area contributed by atoms with E-state index in [0.717, 1.165) is 62.0 Å². The molecule has 2 aliphatic heterocycles. The smallest absolute Gasteiger partial charge is 0.338 e. The monoisotopic (exact) mass is 642 g/mol. The molecule has 0 saturated carbocycles. The molecule has 2 amide bonds. The molecule has 42 heavy (non-hydrogen) atoms. The maximum Gasteiger partial charge on any atom is 0.338 e. The zero-order chi connectivity index (χ0) is 30.2. The van der Waals surface area contributed by atoms with Gasteiger partial charge in [-0.2, -0.15) is 0 Å². The number of carbonyl (C=O) groups is 4. The van der Waals surface area contributed by atoms with Crippen LogP contribution >= 0.6 is 48.0 Å². The van der Waals surface area contributed by atoms with Gasteiger partial charge in [-0.25, -0.2) is 9.59 Å². The van der Waals surface area contributed by atoms with Crippen LogP contribution in [0.25, 0.3) is 0 Å². The SMILES string of the molecule is CCCCCOC(=O)c1ccc(N2C(=O)/C(=C3\SC(=S)N(c4ccc(C(=O)OCCCCC)cc4)C3=O)SC2=S)cc1. The molecule has 0 bridgehead atoms. The average molecular weight is 643 g/mol. The molecule has 2 fully saturated rings. The number of nitrogens with zero attached hydrogens (tertiary/aromatic N) is 2. The van der Waals surface area contributed by atoms with Gasteiger partial charge < -0.3 is 9.47 Å². The van der Waals surface area contributed by atoms with Gasteiger partial charge in [0.1, 0.15) is 0 Å². The Bertz CT molecular complexity index is 1310. The molecule has 2 aromatic rings. The Labute approximate surface area is 264 Å². The van der Waals surface area contributed by atoms with Crippen molar-refractivity contribution < 1.29 is 28.7 Å². The van der Waals surface area contributed by atoms with Gasteiger partial charge in [0.15, 0.2) is 8.64 Å². The molecular formula is C30H30N2O6S4. The quantitative estimate of drug-likeness (QED) is 0.104. The number of hydrogen-bond donors (Lipinski definition) is 0. The van der Waals surface area contributed by atoms with E-state index in [9.17, 15) is 19.2 Å². The average Bonchev–Trinajstić information content (AvgIpc) is 3.46. The van der Waals surface area contributed by atoms with E-state index >= 15 is 0 Å². The molecule has 0 aromatic heterocycles. The molecule has 2 aromatic carbocycles. The molecule has 2 saturated heterocycles. The number of esters is 2. The van der Waals surface area contributed by atoms with Gasteiger partial charge in [0.25, 0.3) is 11.8 Å². The summed E-state index contributed by atoms with van der Waals surface area (Å²) in [5, 5.41) is 0. The number of thiocarbonyl (C=S) groups is 2. The van der Waals surface area contributed by atoms with Gasteiger partial charge in [-0.15, -0.1) is 0 Å². The summed E-state index contributed by atoms with van der Waals surface area (Å²) >= 11 is 13.0. The molecule has 2 heterocycles. The number of ether oxygens (including phenoxy) is 2. The fourth-order valence-electron chi connectivity index (χ4n) is 4.15. The van der Waals surface area contributed by atoms with Crippen molar-refractivity contribution in [2.24, 2.45) is 0 Å². The zero-order valence-electron chi connectivity index (χ0n) is 23.3. The van der Waals surface area contributed by atoms with E-state index in [-0.39, 0.29) is 18.5 Å². The van der Waals surface area contributed by atoms with E-state index in [2.05, 4.69) is 13.8 Å². The Hall–Kier alpha value is -3.06. The number of hydrogen-bond acceptors (Lipinski definition) is 10. The second kappa shape index (κ2) is 14.9. The minimum Gasteiger partial charge on any atom is -0.462 e. The van der Waals surface area contributed by atoms with Crippen LogP contribution in [0.2, 0.25) is 0 Å². The van der Waals surface area contributed by atoms with E-state index in [1.807, 2.05) is 0 Å². The van der Waals surface area contributed by atoms with E-state index < -0.39 is 23.8 Å². The first-order chi connectivity index (χ1) is 20.3. The number of carbonyl (C=O) groups excluding carboxylic acids is 4. The number of unbranched alkanes of at least 4 members (excludes halogenated alkanes) is 4. The summed E-state index contributed by atoms with van der Waals surface area (Å²) in [7, 11) is 0. The van der Waals surface area contributed by atoms with Crippen LogP contribution in [0.5, 0.6) is 0 Å². The van der Waals surface area contributed by atoms with Gasteiger partial charge in [-0.1, -0.05) is 87.5 Å². The molecule has 0 N–H and O–H groups in total. The summed E-state index contributed by atoms with van der Waals surface area (Å²) in [5.41, 5.74) is 1.69. The van der Waals surface area contributed by atoms with E-state index in [4.69, 9.17) is 33.9 Å². The lowest BCUT2D eigenvalue weighted by Crippen LogP contribution is -2.29. The molecule has 0 radical (unpaired) electrons. The van der Waals surface area contributed by atoms with E-state index in [0.29, 0.717) is 35.7 Å². The third-order valence-corrected chi connectivity index (χ3v) is 9.30. The van der Waals surface area contributed by atoms with Crippen LogP contribution in [0, 0.1) is 0 Å². The van der Waals surface area contributed by atoms with Crippen molar-refractivity contribution in [1.29, 1.82) is 0 Å². The van der Waals surface area contributed by atoms with Crippen molar-refractivity contribution in [3.05, 3.63) is 69.5 Å². The summed E-state index contributed by atoms with van der Waals surface area (Å²) < 4.78 is 11.1. The highest BCUT2D eigenvalue weighted by Gasteiger charge is 2.43. The predicted octanol–water partition coefficient (Wildman–Crippen LogP) is 7.02. The third kappa shape index (κ3) is 7.28. The summed E-state index contributed by atoms with van der Waals surface area (Å²) in [6.45, 7) is 4.87. The van der Waals surface area contributed by atoms with Crippen LogP contribution in [0.3, 0.4) is 0 Å². The van der Waals surface area contributed by atoms with Gasteiger partial charge in [-0.05, 0) is 61.4 Å². The number of benzene rings is 2. The number of thioether (sulfide) groups is 2. The summed E-state index contributed by atoms with van der Waals surface area (Å²) in [5.74, 6) is -1.74. The summed E-state index contributed by atoms with van der Waals surface area (Å²) in [6, 6.07) is 12.8. The van der Waals surface area contributed by atoms with Crippen LogP contribution in [-0.4, -0.2) is 45.6 Å².